The molecule has 0 aliphatic rings. The number of carbonyl (C=O) groups is 1. The highest BCUT2D eigenvalue weighted by Gasteiger charge is 2.09. The fourth-order valence-corrected chi connectivity index (χ4v) is 2.58. The number of hydrogen-bond acceptors (Lipinski definition) is 3. The average Bonchev–Trinajstić information content (AvgIpc) is 2.38. The Hall–Kier alpha value is -1.07. The van der Waals surface area contributed by atoms with Gasteiger partial charge in [-0.15, -0.1) is 0 Å². The minimum Gasteiger partial charge on any atom is -0.364 e. The van der Waals surface area contributed by atoms with E-state index >= 15 is 0 Å². The number of carbonyl (C=O) groups excluding carboxylic acids is 1. The lowest BCUT2D eigenvalue weighted by Gasteiger charge is -2.20. The van der Waals surface area contributed by atoms with Crippen LogP contribution in [0.2, 0.25) is 0 Å². The fourth-order valence-electron chi connectivity index (χ4n) is 1.85. The lowest BCUT2D eigenvalue weighted by Crippen LogP contribution is -2.33. The zero-order chi connectivity index (χ0) is 15.1. The number of benzene rings is 1. The predicted molar refractivity (Wildman–Crippen MR) is 88.0 cm³/mol. The molecule has 4 nitrogen and oxygen atoms in total. The highest BCUT2D eigenvalue weighted by atomic mass is 79.9. The van der Waals surface area contributed by atoms with Crippen molar-refractivity contribution >= 4 is 27.5 Å². The second-order valence-electron chi connectivity index (χ2n) is 5.34. The Morgan fingerprint density at radius 1 is 1.40 bits per heavy atom. The summed E-state index contributed by atoms with van der Waals surface area (Å²) in [5, 5.41) is 6.05. The molecule has 0 aromatic heterocycles. The van der Waals surface area contributed by atoms with Crippen molar-refractivity contribution in [3.8, 4) is 0 Å². The molecule has 1 aromatic carbocycles. The van der Waals surface area contributed by atoms with Gasteiger partial charge in [0.25, 0.3) is 0 Å². The van der Waals surface area contributed by atoms with E-state index in [4.69, 9.17) is 0 Å². The van der Waals surface area contributed by atoms with Crippen LogP contribution >= 0.6 is 15.9 Å². The maximum Gasteiger partial charge on any atom is 0.239 e. The standard InChI is InChI=1S/C15H24BrN3O/c1-11(2)8-18-9-12-5-6-14(13(16)7-12)19(4)10-15(20)17-3/h5-7,11,18H,8-10H2,1-4H3,(H,17,20). The summed E-state index contributed by atoms with van der Waals surface area (Å²) in [4.78, 5) is 13.3. The van der Waals surface area contributed by atoms with E-state index in [2.05, 4.69) is 52.5 Å². The van der Waals surface area contributed by atoms with Gasteiger partial charge < -0.3 is 15.5 Å². The van der Waals surface area contributed by atoms with Gasteiger partial charge in [0.15, 0.2) is 0 Å². The molecule has 0 aliphatic heterocycles. The molecular weight excluding hydrogens is 318 g/mol. The molecule has 0 bridgehead atoms. The Balaban J connectivity index is 2.65. The number of nitrogens with zero attached hydrogens (tertiary/aromatic N) is 1. The number of anilines is 1. The van der Waals surface area contributed by atoms with Crippen molar-refractivity contribution in [2.24, 2.45) is 5.92 Å². The third-order valence-electron chi connectivity index (χ3n) is 2.96. The molecule has 5 heteroatoms. The molecule has 0 aliphatic carbocycles. The Morgan fingerprint density at radius 3 is 2.65 bits per heavy atom. The van der Waals surface area contributed by atoms with E-state index in [0.29, 0.717) is 12.5 Å². The fraction of sp³-hybridized carbons (Fsp3) is 0.533. The van der Waals surface area contributed by atoms with Gasteiger partial charge in [0.1, 0.15) is 0 Å². The smallest absolute Gasteiger partial charge is 0.239 e. The lowest BCUT2D eigenvalue weighted by molar-refractivity contribution is -0.119. The maximum atomic E-state index is 11.4. The van der Waals surface area contributed by atoms with Crippen LogP contribution in [0.1, 0.15) is 19.4 Å². The van der Waals surface area contributed by atoms with Crippen LogP contribution in [0.5, 0.6) is 0 Å². The molecule has 0 fully saturated rings. The van der Waals surface area contributed by atoms with E-state index in [-0.39, 0.29) is 5.91 Å². The summed E-state index contributed by atoms with van der Waals surface area (Å²) in [6.07, 6.45) is 0. The van der Waals surface area contributed by atoms with Crippen molar-refractivity contribution in [2.75, 3.05) is 32.1 Å². The van der Waals surface area contributed by atoms with E-state index in [9.17, 15) is 4.79 Å². The van der Waals surface area contributed by atoms with Crippen LogP contribution in [0.4, 0.5) is 5.69 Å². The number of hydrogen-bond donors (Lipinski definition) is 2. The van der Waals surface area contributed by atoms with Crippen LogP contribution in [-0.2, 0) is 11.3 Å². The van der Waals surface area contributed by atoms with Crippen LogP contribution < -0.4 is 15.5 Å². The first-order chi connectivity index (χ1) is 9.43. The Bertz CT molecular complexity index is 449. The first-order valence-corrected chi connectivity index (χ1v) is 7.64. The Labute approximate surface area is 130 Å². The maximum absolute atomic E-state index is 11.4. The highest BCUT2D eigenvalue weighted by Crippen LogP contribution is 2.26. The summed E-state index contributed by atoms with van der Waals surface area (Å²) >= 11 is 3.58. The molecule has 1 aromatic rings. The van der Waals surface area contributed by atoms with Crippen molar-refractivity contribution < 1.29 is 4.79 Å². The number of amides is 1. The zero-order valence-electron chi connectivity index (χ0n) is 12.7. The molecular formula is C15H24BrN3O. The summed E-state index contributed by atoms with van der Waals surface area (Å²) in [7, 11) is 3.56. The quantitative estimate of drug-likeness (QED) is 0.800. The third-order valence-corrected chi connectivity index (χ3v) is 3.60. The Kier molecular flexibility index (Phi) is 7.02. The van der Waals surface area contributed by atoms with Gasteiger partial charge in [0.05, 0.1) is 12.2 Å². The molecule has 0 radical (unpaired) electrons. The van der Waals surface area contributed by atoms with Gasteiger partial charge in [-0.2, -0.15) is 0 Å². The Morgan fingerprint density at radius 2 is 2.10 bits per heavy atom. The van der Waals surface area contributed by atoms with Crippen molar-refractivity contribution in [3.05, 3.63) is 28.2 Å². The van der Waals surface area contributed by atoms with Gasteiger partial charge in [0, 0.05) is 25.1 Å². The van der Waals surface area contributed by atoms with Crippen LogP contribution in [-0.4, -0.2) is 33.1 Å². The molecule has 0 unspecified atom stereocenters. The van der Waals surface area contributed by atoms with E-state index in [0.717, 1.165) is 23.2 Å². The summed E-state index contributed by atoms with van der Waals surface area (Å²) in [6.45, 7) is 6.60. The first-order valence-electron chi connectivity index (χ1n) is 6.85. The van der Waals surface area contributed by atoms with Crippen molar-refractivity contribution in [3.63, 3.8) is 0 Å². The lowest BCUT2D eigenvalue weighted by atomic mass is 10.1. The van der Waals surface area contributed by atoms with Crippen LogP contribution in [0.25, 0.3) is 0 Å². The van der Waals surface area contributed by atoms with Crippen molar-refractivity contribution in [2.45, 2.75) is 20.4 Å². The highest BCUT2D eigenvalue weighted by molar-refractivity contribution is 9.10. The van der Waals surface area contributed by atoms with Crippen molar-refractivity contribution in [1.82, 2.24) is 10.6 Å². The third kappa shape index (κ3) is 5.51. The average molecular weight is 342 g/mol. The molecule has 0 spiro atoms. The van der Waals surface area contributed by atoms with E-state index in [1.807, 2.05) is 18.0 Å². The molecule has 1 amide bonds. The number of likely N-dealkylation sites (N-methyl/N-ethyl adjacent to an activating group) is 2. The normalized spacial score (nSPS) is 10.7. The van der Waals surface area contributed by atoms with Gasteiger partial charge in [-0.05, 0) is 46.1 Å². The number of halogens is 1. The molecule has 20 heavy (non-hydrogen) atoms. The predicted octanol–water partition coefficient (Wildman–Crippen LogP) is 2.38. The van der Waals surface area contributed by atoms with Gasteiger partial charge in [-0.1, -0.05) is 19.9 Å². The largest absolute Gasteiger partial charge is 0.364 e. The summed E-state index contributed by atoms with van der Waals surface area (Å²) in [5.41, 5.74) is 2.25. The molecule has 0 saturated heterocycles. The van der Waals surface area contributed by atoms with Gasteiger partial charge >= 0.3 is 0 Å². The number of rotatable bonds is 7. The molecule has 112 valence electrons. The van der Waals surface area contributed by atoms with Crippen molar-refractivity contribution in [1.29, 1.82) is 0 Å². The minimum absolute atomic E-state index is 0.00192. The topological polar surface area (TPSA) is 44.4 Å². The minimum atomic E-state index is 0.00192. The second-order valence-corrected chi connectivity index (χ2v) is 6.19. The first kappa shape index (κ1) is 17.0. The summed E-state index contributed by atoms with van der Waals surface area (Å²) in [5.74, 6) is 0.651. The monoisotopic (exact) mass is 341 g/mol. The van der Waals surface area contributed by atoms with E-state index in [1.165, 1.54) is 5.56 Å². The second kappa shape index (κ2) is 8.27. The SMILES string of the molecule is CNC(=O)CN(C)c1ccc(CNCC(C)C)cc1Br. The number of nitrogens with one attached hydrogen (secondary N) is 2. The van der Waals surface area contributed by atoms with Crippen LogP contribution in [0.15, 0.2) is 22.7 Å². The molecule has 0 atom stereocenters. The molecule has 0 saturated carbocycles. The molecule has 1 rings (SSSR count). The van der Waals surface area contributed by atoms with Gasteiger partial charge in [-0.3, -0.25) is 4.79 Å². The summed E-state index contributed by atoms with van der Waals surface area (Å²) < 4.78 is 1.01. The molecule has 0 heterocycles. The molecule has 2 N–H and O–H groups in total. The zero-order valence-corrected chi connectivity index (χ0v) is 14.3. The van der Waals surface area contributed by atoms with Gasteiger partial charge in [-0.25, -0.2) is 0 Å². The van der Waals surface area contributed by atoms with Gasteiger partial charge in [0.2, 0.25) is 5.91 Å². The summed E-state index contributed by atoms with van der Waals surface area (Å²) in [6, 6.07) is 6.23. The van der Waals surface area contributed by atoms with Crippen LogP contribution in [0.3, 0.4) is 0 Å². The van der Waals surface area contributed by atoms with Crippen LogP contribution in [0, 0.1) is 5.92 Å². The van der Waals surface area contributed by atoms with E-state index < -0.39 is 0 Å². The van der Waals surface area contributed by atoms with E-state index in [1.54, 1.807) is 7.05 Å².